The lowest BCUT2D eigenvalue weighted by Gasteiger charge is -2.50. The van der Waals surface area contributed by atoms with Crippen LogP contribution in [0.4, 0.5) is 0 Å². The average Bonchev–Trinajstić information content (AvgIpc) is 2.01. The van der Waals surface area contributed by atoms with Crippen molar-refractivity contribution in [1.82, 2.24) is 0 Å². The van der Waals surface area contributed by atoms with Crippen LogP contribution in [0.5, 0.6) is 0 Å². The first-order chi connectivity index (χ1) is 5.37. The zero-order valence-corrected chi connectivity index (χ0v) is 7.44. The normalized spacial score (nSPS) is 35.2. The summed E-state index contributed by atoms with van der Waals surface area (Å²) in [5, 5.41) is 0. The van der Waals surface area contributed by atoms with E-state index in [4.69, 9.17) is 4.74 Å². The molecule has 2 aliphatic rings. The highest BCUT2D eigenvalue weighted by Crippen LogP contribution is 2.51. The number of hydrogen-bond acceptors (Lipinski definition) is 1. The van der Waals surface area contributed by atoms with Gasteiger partial charge in [-0.3, -0.25) is 0 Å². The Labute approximate surface area is 69.1 Å². The van der Waals surface area contributed by atoms with Gasteiger partial charge < -0.3 is 4.74 Å². The van der Waals surface area contributed by atoms with Crippen molar-refractivity contribution in [1.29, 1.82) is 0 Å². The molecule has 0 aromatic rings. The van der Waals surface area contributed by atoms with Crippen molar-refractivity contribution in [2.45, 2.75) is 39.0 Å². The third kappa shape index (κ3) is 1.10. The number of rotatable bonds is 1. The second kappa shape index (κ2) is 2.78. The second-order valence-corrected chi connectivity index (χ2v) is 4.16. The van der Waals surface area contributed by atoms with E-state index in [2.05, 4.69) is 6.92 Å². The third-order valence-electron chi connectivity index (χ3n) is 3.71. The number of ether oxygens (including phenoxy) is 1. The summed E-state index contributed by atoms with van der Waals surface area (Å²) in [4.78, 5) is 0. The van der Waals surface area contributed by atoms with Crippen molar-refractivity contribution in [3.05, 3.63) is 0 Å². The predicted octanol–water partition coefficient (Wildman–Crippen LogP) is 2.60. The van der Waals surface area contributed by atoms with Crippen LogP contribution in [0.15, 0.2) is 0 Å². The summed E-state index contributed by atoms with van der Waals surface area (Å²) in [6, 6.07) is 0. The van der Waals surface area contributed by atoms with E-state index in [9.17, 15) is 0 Å². The van der Waals surface area contributed by atoms with E-state index in [0.717, 1.165) is 19.1 Å². The summed E-state index contributed by atoms with van der Waals surface area (Å²) in [5.74, 6) is 0.977. The van der Waals surface area contributed by atoms with Crippen molar-refractivity contribution >= 4 is 0 Å². The molecule has 0 aromatic carbocycles. The van der Waals surface area contributed by atoms with Crippen LogP contribution in [0.3, 0.4) is 0 Å². The molecule has 1 unspecified atom stereocenters. The molecule has 0 amide bonds. The monoisotopic (exact) mass is 154 g/mol. The molecule has 1 heterocycles. The lowest BCUT2D eigenvalue weighted by molar-refractivity contribution is -0.0980. The van der Waals surface area contributed by atoms with Gasteiger partial charge in [-0.25, -0.2) is 0 Å². The molecule has 0 N–H and O–H groups in total. The second-order valence-electron chi connectivity index (χ2n) is 4.16. The van der Waals surface area contributed by atoms with Crippen LogP contribution < -0.4 is 0 Å². The Bertz CT molecular complexity index is 138. The van der Waals surface area contributed by atoms with Crippen molar-refractivity contribution in [3.63, 3.8) is 0 Å². The summed E-state index contributed by atoms with van der Waals surface area (Å²) in [7, 11) is 0. The summed E-state index contributed by atoms with van der Waals surface area (Å²) in [5.41, 5.74) is 0.646. The van der Waals surface area contributed by atoms with Gasteiger partial charge in [-0.05, 0) is 30.6 Å². The maximum atomic E-state index is 5.56. The standard InChI is InChI=1S/C10H18O/c1-2-9-4-7-11-8-10(9)5-3-6-10/h9H,2-8H2,1H3. The van der Waals surface area contributed by atoms with Gasteiger partial charge in [-0.1, -0.05) is 19.8 Å². The van der Waals surface area contributed by atoms with Gasteiger partial charge in [-0.2, -0.15) is 0 Å². The first-order valence-electron chi connectivity index (χ1n) is 4.95. The highest BCUT2D eigenvalue weighted by molar-refractivity contribution is 4.94. The summed E-state index contributed by atoms with van der Waals surface area (Å²) in [6.45, 7) is 4.40. The highest BCUT2D eigenvalue weighted by atomic mass is 16.5. The highest BCUT2D eigenvalue weighted by Gasteiger charge is 2.44. The topological polar surface area (TPSA) is 9.23 Å². The minimum absolute atomic E-state index is 0.646. The Morgan fingerprint density at radius 2 is 2.27 bits per heavy atom. The molecular weight excluding hydrogens is 136 g/mol. The van der Waals surface area contributed by atoms with E-state index >= 15 is 0 Å². The fourth-order valence-corrected chi connectivity index (χ4v) is 2.75. The Morgan fingerprint density at radius 1 is 1.45 bits per heavy atom. The van der Waals surface area contributed by atoms with E-state index in [-0.39, 0.29) is 0 Å². The van der Waals surface area contributed by atoms with Crippen molar-refractivity contribution in [2.24, 2.45) is 11.3 Å². The maximum Gasteiger partial charge on any atom is 0.0525 e. The fraction of sp³-hybridized carbons (Fsp3) is 1.00. The van der Waals surface area contributed by atoms with E-state index < -0.39 is 0 Å². The molecule has 1 saturated carbocycles. The summed E-state index contributed by atoms with van der Waals surface area (Å²) in [6.07, 6.45) is 7.00. The van der Waals surface area contributed by atoms with Crippen molar-refractivity contribution in [2.75, 3.05) is 13.2 Å². The van der Waals surface area contributed by atoms with Crippen LogP contribution in [0, 0.1) is 11.3 Å². The third-order valence-corrected chi connectivity index (χ3v) is 3.71. The van der Waals surface area contributed by atoms with Crippen LogP contribution in [0.2, 0.25) is 0 Å². The lowest BCUT2D eigenvalue weighted by Crippen LogP contribution is -2.45. The smallest absolute Gasteiger partial charge is 0.0525 e. The Balaban J connectivity index is 2.02. The van der Waals surface area contributed by atoms with Gasteiger partial charge in [0.1, 0.15) is 0 Å². The SMILES string of the molecule is CCC1CCOCC12CCC2. The van der Waals surface area contributed by atoms with Gasteiger partial charge in [0, 0.05) is 6.61 Å². The molecule has 2 rings (SSSR count). The predicted molar refractivity (Wildman–Crippen MR) is 45.5 cm³/mol. The van der Waals surface area contributed by atoms with Gasteiger partial charge in [-0.15, -0.1) is 0 Å². The van der Waals surface area contributed by atoms with Gasteiger partial charge >= 0.3 is 0 Å². The Hall–Kier alpha value is -0.0400. The van der Waals surface area contributed by atoms with Crippen LogP contribution >= 0.6 is 0 Å². The molecule has 0 radical (unpaired) electrons. The van der Waals surface area contributed by atoms with Gasteiger partial charge in [0.2, 0.25) is 0 Å². The molecule has 1 aliphatic heterocycles. The number of hydrogen-bond donors (Lipinski definition) is 0. The maximum absolute atomic E-state index is 5.56. The molecule has 2 fully saturated rings. The van der Waals surface area contributed by atoms with Crippen LogP contribution in [-0.2, 0) is 4.74 Å². The van der Waals surface area contributed by atoms with Gasteiger partial charge in [0.15, 0.2) is 0 Å². The van der Waals surface area contributed by atoms with Crippen LogP contribution in [0.1, 0.15) is 39.0 Å². The molecule has 1 saturated heterocycles. The summed E-state index contributed by atoms with van der Waals surface area (Å²) >= 11 is 0. The molecule has 1 nitrogen and oxygen atoms in total. The molecule has 1 aliphatic carbocycles. The Morgan fingerprint density at radius 3 is 2.73 bits per heavy atom. The minimum atomic E-state index is 0.646. The van der Waals surface area contributed by atoms with Crippen LogP contribution in [-0.4, -0.2) is 13.2 Å². The van der Waals surface area contributed by atoms with E-state index in [0.29, 0.717) is 5.41 Å². The Kier molecular flexibility index (Phi) is 1.92. The van der Waals surface area contributed by atoms with Crippen molar-refractivity contribution < 1.29 is 4.74 Å². The zero-order chi connectivity index (χ0) is 7.73. The zero-order valence-electron chi connectivity index (χ0n) is 7.44. The first kappa shape index (κ1) is 7.60. The molecule has 1 spiro atoms. The molecule has 0 aromatic heterocycles. The van der Waals surface area contributed by atoms with E-state index in [1.807, 2.05) is 0 Å². The van der Waals surface area contributed by atoms with E-state index in [1.165, 1.54) is 32.1 Å². The molecule has 64 valence electrons. The molecule has 1 heteroatoms. The molecule has 1 atom stereocenters. The fourth-order valence-electron chi connectivity index (χ4n) is 2.75. The van der Waals surface area contributed by atoms with Crippen LogP contribution in [0.25, 0.3) is 0 Å². The van der Waals surface area contributed by atoms with Gasteiger partial charge in [0.25, 0.3) is 0 Å². The average molecular weight is 154 g/mol. The largest absolute Gasteiger partial charge is 0.381 e. The van der Waals surface area contributed by atoms with E-state index in [1.54, 1.807) is 0 Å². The van der Waals surface area contributed by atoms with Crippen molar-refractivity contribution in [3.8, 4) is 0 Å². The first-order valence-corrected chi connectivity index (χ1v) is 4.95. The van der Waals surface area contributed by atoms with Gasteiger partial charge in [0.05, 0.1) is 6.61 Å². The molecule has 0 bridgehead atoms. The molecular formula is C10H18O. The quantitative estimate of drug-likeness (QED) is 0.564. The summed E-state index contributed by atoms with van der Waals surface area (Å²) < 4.78 is 5.56. The molecule has 11 heavy (non-hydrogen) atoms. The lowest BCUT2D eigenvalue weighted by atomic mass is 9.59. The minimum Gasteiger partial charge on any atom is -0.381 e.